The van der Waals surface area contributed by atoms with Crippen molar-refractivity contribution in [1.29, 1.82) is 0 Å². The van der Waals surface area contributed by atoms with E-state index in [4.69, 9.17) is 4.74 Å². The van der Waals surface area contributed by atoms with Crippen molar-refractivity contribution in [2.75, 3.05) is 11.9 Å². The van der Waals surface area contributed by atoms with Crippen LogP contribution in [-0.4, -0.2) is 46.8 Å². The maximum atomic E-state index is 11.9. The Morgan fingerprint density at radius 1 is 1.39 bits per heavy atom. The van der Waals surface area contributed by atoms with Crippen LogP contribution in [0.15, 0.2) is 23.7 Å². The molecule has 2 heterocycles. The molecule has 0 saturated heterocycles. The molecule has 0 spiro atoms. The van der Waals surface area contributed by atoms with Crippen molar-refractivity contribution >= 4 is 28.3 Å². The lowest BCUT2D eigenvalue weighted by Crippen LogP contribution is -2.49. The number of hydrogen-bond donors (Lipinski definition) is 3. The molecule has 1 saturated carbocycles. The van der Waals surface area contributed by atoms with Gasteiger partial charge in [-0.1, -0.05) is 12.2 Å². The highest BCUT2D eigenvalue weighted by atomic mass is 32.1. The van der Waals surface area contributed by atoms with E-state index >= 15 is 0 Å². The van der Waals surface area contributed by atoms with Gasteiger partial charge in [0.15, 0.2) is 5.13 Å². The average molecular weight is 337 g/mol. The molecule has 0 unspecified atom stereocenters. The summed E-state index contributed by atoms with van der Waals surface area (Å²) in [6.07, 6.45) is 6.18. The molecule has 1 aliphatic heterocycles. The summed E-state index contributed by atoms with van der Waals surface area (Å²) in [7, 11) is 0. The topological polar surface area (TPSA) is 101 Å². The zero-order chi connectivity index (χ0) is 16.2. The first-order valence-corrected chi connectivity index (χ1v) is 8.48. The predicted octanol–water partition coefficient (Wildman–Crippen LogP) is 0.682. The molecule has 1 aromatic rings. The lowest BCUT2D eigenvalue weighted by Gasteiger charge is -2.31. The molecule has 2 aliphatic rings. The zero-order valence-electron chi connectivity index (χ0n) is 12.5. The maximum absolute atomic E-state index is 11.9. The summed E-state index contributed by atoms with van der Waals surface area (Å²) in [5, 5.41) is 17.4. The normalized spacial score (nSPS) is 26.7. The summed E-state index contributed by atoms with van der Waals surface area (Å²) >= 11 is 1.34. The minimum absolute atomic E-state index is 0.00154. The number of hydrogen-bond acceptors (Lipinski definition) is 6. The van der Waals surface area contributed by atoms with E-state index in [0.29, 0.717) is 5.13 Å². The van der Waals surface area contributed by atoms with Crippen LogP contribution >= 0.6 is 11.3 Å². The number of thiazole rings is 1. The molecule has 1 fully saturated rings. The standard InChI is InChI=1S/C15H19N3O4S/c19-8-12-11(17-14(21)9-1-2-9)4-3-10(22-12)7-13(20)18-15-16-5-6-23-15/h3-6,9-12,19H,1-2,7-8H2,(H,17,21)(H,16,18,20)/t10-,11-,12-/m1/s1. The van der Waals surface area contributed by atoms with Crippen molar-refractivity contribution in [3.8, 4) is 0 Å². The predicted molar refractivity (Wildman–Crippen MR) is 84.9 cm³/mol. The SMILES string of the molecule is O=C(C[C@H]1C=C[C@@H](NC(=O)C2CC2)[C@@H](CO)O1)Nc1nccs1. The van der Waals surface area contributed by atoms with Crippen LogP contribution in [0.2, 0.25) is 0 Å². The molecule has 3 N–H and O–H groups in total. The molecule has 0 radical (unpaired) electrons. The third kappa shape index (κ3) is 4.37. The number of amides is 2. The molecule has 1 aromatic heterocycles. The Bertz CT molecular complexity index is 586. The van der Waals surface area contributed by atoms with Gasteiger partial charge in [0.1, 0.15) is 6.10 Å². The first kappa shape index (κ1) is 16.1. The van der Waals surface area contributed by atoms with Gasteiger partial charge < -0.3 is 20.5 Å². The van der Waals surface area contributed by atoms with E-state index in [0.717, 1.165) is 12.8 Å². The number of nitrogens with zero attached hydrogens (tertiary/aromatic N) is 1. The Balaban J connectivity index is 1.53. The lowest BCUT2D eigenvalue weighted by atomic mass is 10.0. The van der Waals surface area contributed by atoms with Crippen molar-refractivity contribution in [1.82, 2.24) is 10.3 Å². The molecule has 3 atom stereocenters. The highest BCUT2D eigenvalue weighted by Crippen LogP contribution is 2.29. The van der Waals surface area contributed by atoms with Crippen molar-refractivity contribution < 1.29 is 19.4 Å². The number of ether oxygens (including phenoxy) is 1. The number of aliphatic hydroxyl groups excluding tert-OH is 1. The van der Waals surface area contributed by atoms with Gasteiger partial charge in [0.05, 0.1) is 25.2 Å². The maximum Gasteiger partial charge on any atom is 0.229 e. The van der Waals surface area contributed by atoms with Crippen molar-refractivity contribution in [2.24, 2.45) is 5.92 Å². The van der Waals surface area contributed by atoms with Crippen LogP contribution < -0.4 is 10.6 Å². The van der Waals surface area contributed by atoms with E-state index in [1.54, 1.807) is 23.7 Å². The third-order valence-corrected chi connectivity index (χ3v) is 4.47. The van der Waals surface area contributed by atoms with Gasteiger partial charge in [0.2, 0.25) is 11.8 Å². The molecular weight excluding hydrogens is 318 g/mol. The van der Waals surface area contributed by atoms with Crippen LogP contribution in [0, 0.1) is 5.92 Å². The Morgan fingerprint density at radius 2 is 2.22 bits per heavy atom. The van der Waals surface area contributed by atoms with Crippen LogP contribution in [0.1, 0.15) is 19.3 Å². The number of anilines is 1. The highest BCUT2D eigenvalue weighted by Gasteiger charge is 2.34. The van der Waals surface area contributed by atoms with Gasteiger partial charge in [-0.2, -0.15) is 0 Å². The van der Waals surface area contributed by atoms with E-state index in [1.807, 2.05) is 0 Å². The second-order valence-electron chi connectivity index (χ2n) is 5.68. The van der Waals surface area contributed by atoms with Crippen LogP contribution in [0.4, 0.5) is 5.13 Å². The zero-order valence-corrected chi connectivity index (χ0v) is 13.3. The lowest BCUT2D eigenvalue weighted by molar-refractivity contribution is -0.126. The van der Waals surface area contributed by atoms with E-state index in [1.165, 1.54) is 11.3 Å². The summed E-state index contributed by atoms with van der Waals surface area (Å²) < 4.78 is 5.71. The molecule has 124 valence electrons. The van der Waals surface area contributed by atoms with Gasteiger partial charge in [-0.25, -0.2) is 4.98 Å². The molecule has 0 aromatic carbocycles. The largest absolute Gasteiger partial charge is 0.394 e. The Hall–Kier alpha value is -1.77. The Labute approximate surface area is 137 Å². The molecular formula is C15H19N3O4S. The monoisotopic (exact) mass is 337 g/mol. The van der Waals surface area contributed by atoms with E-state index < -0.39 is 12.2 Å². The van der Waals surface area contributed by atoms with E-state index in [2.05, 4.69) is 15.6 Å². The van der Waals surface area contributed by atoms with Gasteiger partial charge in [0.25, 0.3) is 0 Å². The van der Waals surface area contributed by atoms with Crippen molar-refractivity contribution in [3.05, 3.63) is 23.7 Å². The van der Waals surface area contributed by atoms with Crippen molar-refractivity contribution in [2.45, 2.75) is 37.5 Å². The molecule has 1 aliphatic carbocycles. The number of carbonyl (C=O) groups excluding carboxylic acids is 2. The number of carbonyl (C=O) groups is 2. The second kappa shape index (κ2) is 7.20. The summed E-state index contributed by atoms with van der Waals surface area (Å²) in [5.74, 6) is -0.0991. The second-order valence-corrected chi connectivity index (χ2v) is 6.57. The van der Waals surface area contributed by atoms with Crippen molar-refractivity contribution in [3.63, 3.8) is 0 Å². The smallest absolute Gasteiger partial charge is 0.229 e. The summed E-state index contributed by atoms with van der Waals surface area (Å²) in [6, 6.07) is -0.355. The number of aromatic nitrogens is 1. The fraction of sp³-hybridized carbons (Fsp3) is 0.533. The minimum Gasteiger partial charge on any atom is -0.394 e. The molecule has 3 rings (SSSR count). The number of nitrogens with one attached hydrogen (secondary N) is 2. The van der Waals surface area contributed by atoms with E-state index in [-0.39, 0.29) is 36.8 Å². The Morgan fingerprint density at radius 3 is 2.87 bits per heavy atom. The van der Waals surface area contributed by atoms with Gasteiger partial charge in [-0.15, -0.1) is 11.3 Å². The molecule has 7 nitrogen and oxygen atoms in total. The first-order valence-electron chi connectivity index (χ1n) is 7.60. The third-order valence-electron chi connectivity index (χ3n) is 3.79. The first-order chi connectivity index (χ1) is 11.2. The fourth-order valence-electron chi connectivity index (χ4n) is 2.40. The van der Waals surface area contributed by atoms with Gasteiger partial charge >= 0.3 is 0 Å². The van der Waals surface area contributed by atoms with Gasteiger partial charge in [0, 0.05) is 17.5 Å². The molecule has 2 amide bonds. The Kier molecular flexibility index (Phi) is 5.04. The van der Waals surface area contributed by atoms with E-state index in [9.17, 15) is 14.7 Å². The van der Waals surface area contributed by atoms with Crippen LogP contribution in [0.3, 0.4) is 0 Å². The molecule has 23 heavy (non-hydrogen) atoms. The number of rotatable bonds is 6. The summed E-state index contributed by atoms with van der Waals surface area (Å²) in [6.45, 7) is -0.218. The fourth-order valence-corrected chi connectivity index (χ4v) is 2.95. The minimum atomic E-state index is -0.541. The molecule has 8 heteroatoms. The quantitative estimate of drug-likeness (QED) is 0.663. The average Bonchev–Trinajstić information content (AvgIpc) is 3.27. The molecule has 0 bridgehead atoms. The summed E-state index contributed by atoms with van der Waals surface area (Å²) in [4.78, 5) is 27.7. The summed E-state index contributed by atoms with van der Waals surface area (Å²) in [5.41, 5.74) is 0. The highest BCUT2D eigenvalue weighted by molar-refractivity contribution is 7.13. The van der Waals surface area contributed by atoms with Crippen LogP contribution in [0.5, 0.6) is 0 Å². The van der Waals surface area contributed by atoms with Gasteiger partial charge in [-0.3, -0.25) is 9.59 Å². The van der Waals surface area contributed by atoms with Crippen LogP contribution in [-0.2, 0) is 14.3 Å². The van der Waals surface area contributed by atoms with Crippen LogP contribution in [0.25, 0.3) is 0 Å². The van der Waals surface area contributed by atoms with Gasteiger partial charge in [-0.05, 0) is 12.8 Å². The number of aliphatic hydroxyl groups is 1.